The number of benzene rings is 1. The molecule has 3 aromatic rings. The molecule has 5 rings (SSSR count). The Kier molecular flexibility index (Phi) is 7.87. The number of nitrogens with one attached hydrogen (secondary N) is 2. The Morgan fingerprint density at radius 1 is 1.16 bits per heavy atom. The Balaban J connectivity index is 0.00000320. The SMILES string of the molecule is CNC(=O)C1CN(S(=O)(=O)c2cc3cc(Cl)ccc3[nH]2)CCN1C(=O)c1nc2c(s1)CN(C)N(C)C2.Cl. The number of hydrogen-bond acceptors (Lipinski definition) is 8. The molecule has 1 aromatic carbocycles. The van der Waals surface area contributed by atoms with Crippen LogP contribution in [0.3, 0.4) is 0 Å². The molecule has 2 aromatic heterocycles. The monoisotopic (exact) mass is 587 g/mol. The molecule has 2 aliphatic heterocycles. The number of carbonyl (C=O) groups excluding carboxylic acids is 2. The number of hydrogen-bond donors (Lipinski definition) is 2. The smallest absolute Gasteiger partial charge is 0.283 e. The molecule has 0 saturated carbocycles. The lowest BCUT2D eigenvalue weighted by Crippen LogP contribution is -2.61. The van der Waals surface area contributed by atoms with E-state index >= 15 is 0 Å². The van der Waals surface area contributed by atoms with Crippen molar-refractivity contribution < 1.29 is 18.0 Å². The largest absolute Gasteiger partial charge is 0.357 e. The highest BCUT2D eigenvalue weighted by atomic mass is 35.5. The molecule has 37 heavy (non-hydrogen) atoms. The van der Waals surface area contributed by atoms with E-state index in [9.17, 15) is 18.0 Å². The van der Waals surface area contributed by atoms with Crippen LogP contribution >= 0.6 is 35.3 Å². The van der Waals surface area contributed by atoms with Gasteiger partial charge in [-0.05, 0) is 24.3 Å². The molecule has 0 spiro atoms. The number of likely N-dealkylation sites (N-methyl/N-ethyl adjacent to an activating group) is 1. The first-order valence-electron chi connectivity index (χ1n) is 11.3. The molecule has 200 valence electrons. The van der Waals surface area contributed by atoms with Gasteiger partial charge in [0.1, 0.15) is 11.1 Å². The van der Waals surface area contributed by atoms with Crippen molar-refractivity contribution in [1.82, 2.24) is 34.5 Å². The first-order valence-corrected chi connectivity index (χ1v) is 13.9. The third kappa shape index (κ3) is 5.09. The van der Waals surface area contributed by atoms with Crippen molar-refractivity contribution in [1.29, 1.82) is 0 Å². The second-order valence-electron chi connectivity index (χ2n) is 8.88. The number of halogens is 2. The normalized spacial score (nSPS) is 19.5. The van der Waals surface area contributed by atoms with Crippen molar-refractivity contribution in [2.24, 2.45) is 0 Å². The minimum absolute atomic E-state index is 0. The van der Waals surface area contributed by atoms with Crippen molar-refractivity contribution in [3.05, 3.63) is 44.9 Å². The molecule has 2 amide bonds. The van der Waals surface area contributed by atoms with Gasteiger partial charge in [0.15, 0.2) is 5.01 Å². The van der Waals surface area contributed by atoms with Gasteiger partial charge in [-0.3, -0.25) is 9.59 Å². The first-order chi connectivity index (χ1) is 17.1. The number of aromatic amines is 1. The first kappa shape index (κ1) is 27.8. The molecule has 15 heteroatoms. The third-order valence-electron chi connectivity index (χ3n) is 6.62. The summed E-state index contributed by atoms with van der Waals surface area (Å²) in [6.45, 7) is 1.19. The van der Waals surface area contributed by atoms with Gasteiger partial charge in [-0.1, -0.05) is 11.6 Å². The minimum atomic E-state index is -3.95. The average molecular weight is 589 g/mol. The van der Waals surface area contributed by atoms with E-state index < -0.39 is 22.0 Å². The molecule has 0 bridgehead atoms. The van der Waals surface area contributed by atoms with Gasteiger partial charge in [-0.25, -0.2) is 23.4 Å². The maximum atomic E-state index is 13.5. The van der Waals surface area contributed by atoms with Crippen molar-refractivity contribution in [2.45, 2.75) is 24.2 Å². The highest BCUT2D eigenvalue weighted by molar-refractivity contribution is 7.89. The van der Waals surface area contributed by atoms with Gasteiger partial charge >= 0.3 is 0 Å². The van der Waals surface area contributed by atoms with E-state index in [4.69, 9.17) is 11.6 Å². The number of amides is 2. The fourth-order valence-electron chi connectivity index (χ4n) is 4.48. The molecule has 1 unspecified atom stereocenters. The number of rotatable bonds is 4. The van der Waals surface area contributed by atoms with E-state index in [1.165, 1.54) is 33.7 Å². The second kappa shape index (κ2) is 10.5. The lowest BCUT2D eigenvalue weighted by atomic mass is 10.1. The van der Waals surface area contributed by atoms with Crippen LogP contribution in [0.5, 0.6) is 0 Å². The predicted molar refractivity (Wildman–Crippen MR) is 143 cm³/mol. The summed E-state index contributed by atoms with van der Waals surface area (Å²) in [6.07, 6.45) is 0. The number of carbonyl (C=O) groups is 2. The molecule has 11 nitrogen and oxygen atoms in total. The summed E-state index contributed by atoms with van der Waals surface area (Å²) >= 11 is 7.36. The van der Waals surface area contributed by atoms with E-state index in [0.717, 1.165) is 10.6 Å². The van der Waals surface area contributed by atoms with E-state index in [1.807, 2.05) is 24.1 Å². The second-order valence-corrected chi connectivity index (χ2v) is 12.3. The number of aromatic nitrogens is 2. The van der Waals surface area contributed by atoms with Crippen LogP contribution in [0, 0.1) is 0 Å². The molecular weight excluding hydrogens is 561 g/mol. The van der Waals surface area contributed by atoms with Crippen LogP contribution in [0.4, 0.5) is 0 Å². The van der Waals surface area contributed by atoms with Crippen LogP contribution in [-0.2, 0) is 27.9 Å². The van der Waals surface area contributed by atoms with Gasteiger partial charge in [-0.15, -0.1) is 23.7 Å². The number of piperazine rings is 1. The number of fused-ring (bicyclic) bond motifs is 2. The van der Waals surface area contributed by atoms with Crippen LogP contribution in [0.15, 0.2) is 29.3 Å². The maximum absolute atomic E-state index is 13.5. The Morgan fingerprint density at radius 3 is 2.62 bits per heavy atom. The van der Waals surface area contributed by atoms with Crippen molar-refractivity contribution in [3.63, 3.8) is 0 Å². The van der Waals surface area contributed by atoms with Gasteiger partial charge in [0.25, 0.3) is 15.9 Å². The summed E-state index contributed by atoms with van der Waals surface area (Å²) in [5.74, 6) is -0.807. The number of H-pyrrole nitrogens is 1. The van der Waals surface area contributed by atoms with Crippen LogP contribution in [0.2, 0.25) is 5.02 Å². The van der Waals surface area contributed by atoms with Crippen LogP contribution in [0.25, 0.3) is 10.9 Å². The number of sulfonamides is 1. The molecule has 1 atom stereocenters. The third-order valence-corrected chi connectivity index (χ3v) is 9.72. The Labute approximate surface area is 229 Å². The zero-order valence-electron chi connectivity index (χ0n) is 20.4. The van der Waals surface area contributed by atoms with Crippen LogP contribution in [-0.4, -0.2) is 96.2 Å². The summed E-state index contributed by atoms with van der Waals surface area (Å²) in [4.78, 5) is 36.2. The minimum Gasteiger partial charge on any atom is -0.357 e. The zero-order chi connectivity index (χ0) is 25.8. The van der Waals surface area contributed by atoms with Crippen LogP contribution in [0.1, 0.15) is 20.4 Å². The maximum Gasteiger partial charge on any atom is 0.283 e. The molecule has 0 radical (unpaired) electrons. The highest BCUT2D eigenvalue weighted by Gasteiger charge is 2.41. The van der Waals surface area contributed by atoms with E-state index in [-0.39, 0.29) is 43.0 Å². The van der Waals surface area contributed by atoms with E-state index in [0.29, 0.717) is 34.0 Å². The Morgan fingerprint density at radius 2 is 1.89 bits per heavy atom. The summed E-state index contributed by atoms with van der Waals surface area (Å²) in [5, 5.41) is 8.11. The zero-order valence-corrected chi connectivity index (χ0v) is 23.6. The topological polar surface area (TPSA) is 122 Å². The molecule has 0 aliphatic carbocycles. The molecule has 1 fully saturated rings. The molecule has 1 saturated heterocycles. The number of hydrazine groups is 1. The van der Waals surface area contributed by atoms with Gasteiger partial charge in [0.05, 0.1) is 12.2 Å². The van der Waals surface area contributed by atoms with Crippen molar-refractivity contribution in [3.8, 4) is 0 Å². The van der Waals surface area contributed by atoms with E-state index in [2.05, 4.69) is 15.3 Å². The van der Waals surface area contributed by atoms with Gasteiger partial charge < -0.3 is 15.2 Å². The fraction of sp³-hybridized carbons (Fsp3) is 0.409. The average Bonchev–Trinajstić information content (AvgIpc) is 3.47. The molecule has 2 aliphatic rings. The number of nitrogens with zero attached hydrogens (tertiary/aromatic N) is 5. The van der Waals surface area contributed by atoms with Gasteiger partial charge in [0.2, 0.25) is 5.91 Å². The van der Waals surface area contributed by atoms with Crippen molar-refractivity contribution >= 4 is 68.1 Å². The van der Waals surface area contributed by atoms with Gasteiger partial charge in [-0.2, -0.15) is 4.31 Å². The van der Waals surface area contributed by atoms with Crippen LogP contribution < -0.4 is 5.32 Å². The van der Waals surface area contributed by atoms with E-state index in [1.54, 1.807) is 18.2 Å². The molecule has 2 N–H and O–H groups in total. The van der Waals surface area contributed by atoms with Crippen molar-refractivity contribution in [2.75, 3.05) is 40.8 Å². The molecule has 4 heterocycles. The Bertz CT molecular complexity index is 1430. The Hall–Kier alpha value is -2.26. The lowest BCUT2D eigenvalue weighted by molar-refractivity contribution is -0.126. The van der Waals surface area contributed by atoms with Gasteiger partial charge in [0, 0.05) is 68.1 Å². The standard InChI is InChI=1S/C22H26ClN7O4S2.ClH/c1-24-20(31)17-11-29(36(33,34)19-9-13-8-14(23)4-5-15(13)25-19)6-7-30(17)22(32)21-26-16-10-27(2)28(3)12-18(16)35-21;/h4-5,8-9,17,25H,6-7,10-12H2,1-3H3,(H,24,31);1H. The lowest BCUT2D eigenvalue weighted by Gasteiger charge is -2.39. The summed E-state index contributed by atoms with van der Waals surface area (Å²) in [6, 6.07) is 5.60. The molecular formula is C22H27Cl2N7O4S2. The predicted octanol–water partition coefficient (Wildman–Crippen LogP) is 1.75. The summed E-state index contributed by atoms with van der Waals surface area (Å²) in [7, 11) is 1.44. The summed E-state index contributed by atoms with van der Waals surface area (Å²) in [5.41, 5.74) is 1.49. The highest BCUT2D eigenvalue weighted by Crippen LogP contribution is 2.29. The quantitative estimate of drug-likeness (QED) is 0.477. The fourth-order valence-corrected chi connectivity index (χ4v) is 7.18. The summed E-state index contributed by atoms with van der Waals surface area (Å²) < 4.78 is 28.1. The number of thiazole rings is 1.